The zero-order chi connectivity index (χ0) is 27.1. The molecular formula is C31H47N7O2. The molecule has 6 rings (SSSR count). The number of carbonyl (C=O) groups is 1. The van der Waals surface area contributed by atoms with E-state index in [9.17, 15) is 4.79 Å². The van der Waals surface area contributed by atoms with Gasteiger partial charge in [-0.1, -0.05) is 0 Å². The first-order valence-corrected chi connectivity index (χ1v) is 15.7. The Morgan fingerprint density at radius 2 is 1.60 bits per heavy atom. The number of aromatic nitrogens is 2. The zero-order valence-corrected chi connectivity index (χ0v) is 24.0. The minimum absolute atomic E-state index is 0.172. The number of hydrogen-bond acceptors (Lipinski definition) is 6. The normalized spacial score (nSPS) is 24.8. The molecule has 1 aliphatic carbocycles. The zero-order valence-electron chi connectivity index (χ0n) is 24.0. The van der Waals surface area contributed by atoms with E-state index in [-0.39, 0.29) is 6.03 Å². The third kappa shape index (κ3) is 6.92. The van der Waals surface area contributed by atoms with Crippen LogP contribution in [0.3, 0.4) is 0 Å². The van der Waals surface area contributed by atoms with E-state index in [1.54, 1.807) is 0 Å². The van der Waals surface area contributed by atoms with Crippen LogP contribution >= 0.6 is 0 Å². The number of likely N-dealkylation sites (tertiary alicyclic amines) is 1. The molecule has 218 valence electrons. The number of morpholine rings is 1. The Bertz CT molecular complexity index is 1070. The Labute approximate surface area is 239 Å². The first kappa shape index (κ1) is 27.4. The van der Waals surface area contributed by atoms with Gasteiger partial charge in [0.1, 0.15) is 11.6 Å². The third-order valence-electron chi connectivity index (χ3n) is 9.41. The Morgan fingerprint density at radius 3 is 2.27 bits per heavy atom. The second-order valence-electron chi connectivity index (χ2n) is 12.1. The first-order valence-electron chi connectivity index (χ1n) is 15.7. The van der Waals surface area contributed by atoms with Gasteiger partial charge in [0.15, 0.2) is 0 Å². The van der Waals surface area contributed by atoms with Crippen LogP contribution in [0.2, 0.25) is 0 Å². The minimum Gasteiger partial charge on any atom is -0.378 e. The van der Waals surface area contributed by atoms with Crippen molar-refractivity contribution in [3.05, 3.63) is 30.5 Å². The summed E-state index contributed by atoms with van der Waals surface area (Å²) in [5.74, 6) is 2.92. The van der Waals surface area contributed by atoms with Gasteiger partial charge < -0.3 is 29.7 Å². The molecule has 0 unspecified atom stereocenters. The van der Waals surface area contributed by atoms with Crippen molar-refractivity contribution in [1.29, 1.82) is 0 Å². The van der Waals surface area contributed by atoms with Gasteiger partial charge in [-0.3, -0.25) is 4.90 Å². The molecule has 0 radical (unpaired) electrons. The molecule has 3 aliphatic heterocycles. The number of carbonyl (C=O) groups excluding carboxylic acids is 1. The summed E-state index contributed by atoms with van der Waals surface area (Å²) in [7, 11) is 0. The highest BCUT2D eigenvalue weighted by Crippen LogP contribution is 2.30. The van der Waals surface area contributed by atoms with E-state index in [4.69, 9.17) is 9.72 Å². The molecule has 40 heavy (non-hydrogen) atoms. The van der Waals surface area contributed by atoms with Crippen molar-refractivity contribution in [1.82, 2.24) is 25.1 Å². The van der Waals surface area contributed by atoms with Gasteiger partial charge >= 0.3 is 6.03 Å². The first-order chi connectivity index (χ1) is 19.7. The summed E-state index contributed by atoms with van der Waals surface area (Å²) in [6.45, 7) is 10.5. The summed E-state index contributed by atoms with van der Waals surface area (Å²) >= 11 is 0. The van der Waals surface area contributed by atoms with Crippen LogP contribution in [0, 0.1) is 5.92 Å². The highest BCUT2D eigenvalue weighted by atomic mass is 16.5. The molecule has 2 aromatic heterocycles. The second-order valence-corrected chi connectivity index (χ2v) is 12.1. The molecule has 2 amide bonds. The monoisotopic (exact) mass is 549 g/mol. The number of ether oxygens (including phenoxy) is 1. The van der Waals surface area contributed by atoms with E-state index in [0.717, 1.165) is 115 Å². The van der Waals surface area contributed by atoms with Crippen LogP contribution in [0.4, 0.5) is 16.4 Å². The fourth-order valence-corrected chi connectivity index (χ4v) is 6.81. The lowest BCUT2D eigenvalue weighted by Gasteiger charge is -2.37. The van der Waals surface area contributed by atoms with Gasteiger partial charge in [0, 0.05) is 75.9 Å². The quantitative estimate of drug-likeness (QED) is 0.540. The number of rotatable bonds is 7. The third-order valence-corrected chi connectivity index (χ3v) is 9.41. The van der Waals surface area contributed by atoms with Crippen molar-refractivity contribution < 1.29 is 9.53 Å². The standard InChI is InChI=1S/C31H47N7O2/c39-31(38-12-2-1-3-13-38)33-27-8-6-25(7-9-27)10-14-35-15-17-36(18-16-35)29-23-26(28-5-4-11-32-28)24-30(34-29)37-19-21-40-22-20-37/h4-5,11,23-25,27,32H,1-3,6-10,12-22H2,(H,33,39)/t25-,27-. The molecule has 4 aliphatic rings. The topological polar surface area (TPSA) is 80.0 Å². The smallest absolute Gasteiger partial charge is 0.317 e. The van der Waals surface area contributed by atoms with E-state index >= 15 is 0 Å². The van der Waals surface area contributed by atoms with Crippen LogP contribution in [0.15, 0.2) is 30.5 Å². The van der Waals surface area contributed by atoms with Gasteiger partial charge in [-0.2, -0.15) is 0 Å². The Morgan fingerprint density at radius 1 is 0.900 bits per heavy atom. The number of hydrogen-bond donors (Lipinski definition) is 2. The van der Waals surface area contributed by atoms with E-state index in [0.29, 0.717) is 6.04 Å². The fourth-order valence-electron chi connectivity index (χ4n) is 6.81. The highest BCUT2D eigenvalue weighted by molar-refractivity contribution is 5.74. The lowest BCUT2D eigenvalue weighted by atomic mass is 9.84. The van der Waals surface area contributed by atoms with Crippen LogP contribution in [0.25, 0.3) is 11.3 Å². The van der Waals surface area contributed by atoms with Crippen LogP contribution in [0.5, 0.6) is 0 Å². The van der Waals surface area contributed by atoms with E-state index in [1.165, 1.54) is 37.8 Å². The number of H-pyrrole nitrogens is 1. The molecule has 0 bridgehead atoms. The Hall–Kier alpha value is -2.78. The SMILES string of the molecule is O=C(N[C@H]1CC[C@H](CCN2CCN(c3cc(-c4ccc[nH]4)cc(N4CCOCC4)n3)CC2)CC1)N1CCCCC1. The lowest BCUT2D eigenvalue weighted by molar-refractivity contribution is 0.122. The summed E-state index contributed by atoms with van der Waals surface area (Å²) in [6.07, 6.45) is 11.6. The maximum Gasteiger partial charge on any atom is 0.317 e. The molecule has 0 aromatic carbocycles. The maximum atomic E-state index is 12.6. The number of piperazine rings is 1. The molecule has 5 heterocycles. The van der Waals surface area contributed by atoms with Crippen LogP contribution < -0.4 is 15.1 Å². The lowest BCUT2D eigenvalue weighted by Crippen LogP contribution is -2.48. The van der Waals surface area contributed by atoms with Crippen molar-refractivity contribution in [3.63, 3.8) is 0 Å². The van der Waals surface area contributed by atoms with Gasteiger partial charge in [-0.25, -0.2) is 9.78 Å². The predicted octanol–water partition coefficient (Wildman–Crippen LogP) is 4.18. The number of anilines is 2. The van der Waals surface area contributed by atoms with E-state index in [2.05, 4.69) is 49.3 Å². The van der Waals surface area contributed by atoms with Gasteiger partial charge in [0.05, 0.1) is 13.2 Å². The summed E-state index contributed by atoms with van der Waals surface area (Å²) in [4.78, 5) is 30.5. The number of aromatic amines is 1. The Kier molecular flexibility index (Phi) is 9.08. The summed E-state index contributed by atoms with van der Waals surface area (Å²) < 4.78 is 5.58. The number of piperidine rings is 1. The van der Waals surface area contributed by atoms with Gasteiger partial charge in [-0.15, -0.1) is 0 Å². The molecule has 9 heteroatoms. The van der Waals surface area contributed by atoms with E-state index < -0.39 is 0 Å². The molecule has 3 saturated heterocycles. The van der Waals surface area contributed by atoms with Gasteiger partial charge in [-0.05, 0) is 88.1 Å². The van der Waals surface area contributed by atoms with Crippen LogP contribution in [-0.2, 0) is 4.74 Å². The van der Waals surface area contributed by atoms with Gasteiger partial charge in [0.25, 0.3) is 0 Å². The van der Waals surface area contributed by atoms with Gasteiger partial charge in [0.2, 0.25) is 0 Å². The fraction of sp³-hybridized carbons (Fsp3) is 0.677. The van der Waals surface area contributed by atoms with Crippen LogP contribution in [-0.4, -0.2) is 104 Å². The molecule has 0 atom stereocenters. The van der Waals surface area contributed by atoms with Crippen molar-refractivity contribution in [2.75, 3.05) is 81.9 Å². The molecule has 2 aromatic rings. The summed E-state index contributed by atoms with van der Waals surface area (Å²) in [5.41, 5.74) is 2.33. The van der Waals surface area contributed by atoms with Crippen molar-refractivity contribution in [2.45, 2.75) is 57.4 Å². The minimum atomic E-state index is 0.172. The number of nitrogens with one attached hydrogen (secondary N) is 2. The summed E-state index contributed by atoms with van der Waals surface area (Å²) in [6, 6.07) is 9.19. The number of nitrogens with zero attached hydrogens (tertiary/aromatic N) is 5. The molecular weight excluding hydrogens is 502 g/mol. The predicted molar refractivity (Wildman–Crippen MR) is 160 cm³/mol. The number of amides is 2. The van der Waals surface area contributed by atoms with Crippen molar-refractivity contribution in [2.24, 2.45) is 5.92 Å². The largest absolute Gasteiger partial charge is 0.378 e. The van der Waals surface area contributed by atoms with Crippen molar-refractivity contribution >= 4 is 17.7 Å². The average Bonchev–Trinajstić information content (AvgIpc) is 3.57. The second kappa shape index (κ2) is 13.3. The number of pyridine rings is 1. The molecule has 9 nitrogen and oxygen atoms in total. The summed E-state index contributed by atoms with van der Waals surface area (Å²) in [5, 5.41) is 3.33. The molecule has 1 saturated carbocycles. The molecule has 0 spiro atoms. The number of urea groups is 1. The van der Waals surface area contributed by atoms with Crippen LogP contribution in [0.1, 0.15) is 51.4 Å². The highest BCUT2D eigenvalue weighted by Gasteiger charge is 2.26. The van der Waals surface area contributed by atoms with Crippen molar-refractivity contribution in [3.8, 4) is 11.3 Å². The molecule has 2 N–H and O–H groups in total. The maximum absolute atomic E-state index is 12.6. The molecule has 4 fully saturated rings. The average molecular weight is 550 g/mol. The van der Waals surface area contributed by atoms with E-state index in [1.807, 2.05) is 11.1 Å². The Balaban J connectivity index is 0.968.